The van der Waals surface area contributed by atoms with Crippen LogP contribution in [0.4, 0.5) is 5.69 Å². The Morgan fingerprint density at radius 2 is 1.76 bits per heavy atom. The molecule has 1 heterocycles. The van der Waals surface area contributed by atoms with Gasteiger partial charge in [0, 0.05) is 24.7 Å². The highest BCUT2D eigenvalue weighted by Gasteiger charge is 2.32. The van der Waals surface area contributed by atoms with Crippen LogP contribution in [0.1, 0.15) is 24.0 Å². The largest absolute Gasteiger partial charge is 0.495 e. The predicted octanol–water partition coefficient (Wildman–Crippen LogP) is 4.00. The quantitative estimate of drug-likeness (QED) is 0.768. The van der Waals surface area contributed by atoms with Gasteiger partial charge in [0.15, 0.2) is 0 Å². The van der Waals surface area contributed by atoms with E-state index in [4.69, 9.17) is 16.3 Å². The van der Waals surface area contributed by atoms with Crippen LogP contribution in [-0.4, -0.2) is 38.8 Å². The van der Waals surface area contributed by atoms with Crippen LogP contribution in [0.15, 0.2) is 41.3 Å². The number of nitrogens with one attached hydrogen (secondary N) is 1. The van der Waals surface area contributed by atoms with Crippen LogP contribution in [0.2, 0.25) is 5.02 Å². The molecule has 0 aromatic heterocycles. The molecule has 0 spiro atoms. The Labute approximate surface area is 176 Å². The van der Waals surface area contributed by atoms with E-state index in [9.17, 15) is 13.2 Å². The zero-order valence-corrected chi connectivity index (χ0v) is 18.3. The van der Waals surface area contributed by atoms with Gasteiger partial charge in [-0.05, 0) is 56.0 Å². The van der Waals surface area contributed by atoms with Crippen molar-refractivity contribution in [3.8, 4) is 5.75 Å². The number of hydrogen-bond donors (Lipinski definition) is 1. The van der Waals surface area contributed by atoms with Gasteiger partial charge in [-0.2, -0.15) is 4.31 Å². The molecule has 1 aliphatic rings. The van der Waals surface area contributed by atoms with Gasteiger partial charge in [0.2, 0.25) is 15.9 Å². The first-order valence-corrected chi connectivity index (χ1v) is 11.3. The molecule has 0 saturated carbocycles. The lowest BCUT2D eigenvalue weighted by atomic mass is 9.96. The summed E-state index contributed by atoms with van der Waals surface area (Å²) in [4.78, 5) is 12.8. The van der Waals surface area contributed by atoms with Crippen molar-refractivity contribution in [2.24, 2.45) is 5.92 Å². The fourth-order valence-corrected chi connectivity index (χ4v) is 5.37. The number of methoxy groups -OCH3 is 1. The molecule has 0 unspecified atom stereocenters. The van der Waals surface area contributed by atoms with Gasteiger partial charge in [-0.15, -0.1) is 0 Å². The zero-order valence-electron chi connectivity index (χ0n) is 16.7. The number of halogens is 1. The fraction of sp³-hybridized carbons (Fsp3) is 0.381. The van der Waals surface area contributed by atoms with Gasteiger partial charge in [-0.1, -0.05) is 29.8 Å². The maximum Gasteiger partial charge on any atom is 0.243 e. The molecule has 1 amide bonds. The second-order valence-corrected chi connectivity index (χ2v) is 9.58. The molecule has 29 heavy (non-hydrogen) atoms. The summed E-state index contributed by atoms with van der Waals surface area (Å²) < 4.78 is 32.3. The van der Waals surface area contributed by atoms with Crippen LogP contribution in [0, 0.1) is 19.8 Å². The molecule has 156 valence electrons. The van der Waals surface area contributed by atoms with Crippen LogP contribution in [0.25, 0.3) is 0 Å². The number of carbonyl (C=O) groups excluding carboxylic acids is 1. The van der Waals surface area contributed by atoms with E-state index < -0.39 is 10.0 Å². The standard InChI is InChI=1S/C21H25ClN2O4S/c1-14-5-4-6-15(2)20(14)23-21(25)16-9-11-24(12-10-16)29(26,27)17-7-8-19(28-3)18(22)13-17/h4-8,13,16H,9-12H2,1-3H3,(H,23,25). The van der Waals surface area contributed by atoms with E-state index >= 15 is 0 Å². The van der Waals surface area contributed by atoms with E-state index in [-0.39, 0.29) is 34.8 Å². The maximum atomic E-state index is 12.9. The number of sulfonamides is 1. The van der Waals surface area contributed by atoms with Crippen LogP contribution in [0.3, 0.4) is 0 Å². The van der Waals surface area contributed by atoms with Crippen molar-refractivity contribution in [3.63, 3.8) is 0 Å². The number of para-hydroxylation sites is 1. The Hall–Kier alpha value is -2.09. The molecule has 1 saturated heterocycles. The minimum Gasteiger partial charge on any atom is -0.495 e. The lowest BCUT2D eigenvalue weighted by Gasteiger charge is -2.30. The average molecular weight is 437 g/mol. The third-order valence-corrected chi connectivity index (χ3v) is 7.51. The molecule has 0 aliphatic carbocycles. The summed E-state index contributed by atoms with van der Waals surface area (Å²) in [5, 5.41) is 3.26. The number of amides is 1. The third kappa shape index (κ3) is 4.57. The summed E-state index contributed by atoms with van der Waals surface area (Å²) in [6.07, 6.45) is 0.944. The Morgan fingerprint density at radius 1 is 1.14 bits per heavy atom. The Morgan fingerprint density at radius 3 is 2.31 bits per heavy atom. The van der Waals surface area contributed by atoms with E-state index in [2.05, 4.69) is 5.32 Å². The zero-order chi connectivity index (χ0) is 21.2. The summed E-state index contributed by atoms with van der Waals surface area (Å²) in [6, 6.07) is 10.3. The van der Waals surface area contributed by atoms with Crippen molar-refractivity contribution in [3.05, 3.63) is 52.5 Å². The Balaban J connectivity index is 1.66. The highest BCUT2D eigenvalue weighted by Crippen LogP contribution is 2.30. The molecule has 0 bridgehead atoms. The molecule has 1 N–H and O–H groups in total. The number of ether oxygens (including phenoxy) is 1. The monoisotopic (exact) mass is 436 g/mol. The van der Waals surface area contributed by atoms with Gasteiger partial charge < -0.3 is 10.1 Å². The highest BCUT2D eigenvalue weighted by atomic mass is 35.5. The number of nitrogens with zero attached hydrogens (tertiary/aromatic N) is 1. The van der Waals surface area contributed by atoms with Crippen LogP contribution >= 0.6 is 11.6 Å². The highest BCUT2D eigenvalue weighted by molar-refractivity contribution is 7.89. The van der Waals surface area contributed by atoms with Gasteiger partial charge in [0.1, 0.15) is 5.75 Å². The molecular formula is C21H25ClN2O4S. The van der Waals surface area contributed by atoms with Crippen molar-refractivity contribution in [1.82, 2.24) is 4.31 Å². The van der Waals surface area contributed by atoms with Crippen molar-refractivity contribution in [2.75, 3.05) is 25.5 Å². The smallest absolute Gasteiger partial charge is 0.243 e. The van der Waals surface area contributed by atoms with E-state index in [0.29, 0.717) is 18.6 Å². The fourth-order valence-electron chi connectivity index (χ4n) is 3.55. The molecule has 8 heteroatoms. The van der Waals surface area contributed by atoms with Crippen LogP contribution in [-0.2, 0) is 14.8 Å². The van der Waals surface area contributed by atoms with E-state index in [1.54, 1.807) is 6.07 Å². The number of rotatable bonds is 5. The molecule has 3 rings (SSSR count). The van der Waals surface area contributed by atoms with Crippen molar-refractivity contribution in [2.45, 2.75) is 31.6 Å². The van der Waals surface area contributed by atoms with Crippen LogP contribution in [0.5, 0.6) is 5.75 Å². The summed E-state index contributed by atoms with van der Waals surface area (Å²) in [6.45, 7) is 4.49. The predicted molar refractivity (Wildman–Crippen MR) is 114 cm³/mol. The Kier molecular flexibility index (Phi) is 6.51. The van der Waals surface area contributed by atoms with Gasteiger partial charge >= 0.3 is 0 Å². The summed E-state index contributed by atoms with van der Waals surface area (Å²) in [5.41, 5.74) is 2.85. The van der Waals surface area contributed by atoms with Gasteiger partial charge in [0.25, 0.3) is 0 Å². The summed E-state index contributed by atoms with van der Waals surface area (Å²) in [5.74, 6) is 0.138. The molecule has 0 radical (unpaired) electrons. The van der Waals surface area contributed by atoms with E-state index in [0.717, 1.165) is 16.8 Å². The number of aryl methyl sites for hydroxylation is 2. The normalized spacial score (nSPS) is 15.9. The average Bonchev–Trinajstić information content (AvgIpc) is 2.70. The van der Waals surface area contributed by atoms with Gasteiger partial charge in [-0.3, -0.25) is 4.79 Å². The molecular weight excluding hydrogens is 412 g/mol. The lowest BCUT2D eigenvalue weighted by Crippen LogP contribution is -2.41. The summed E-state index contributed by atoms with van der Waals surface area (Å²) >= 11 is 6.08. The molecule has 6 nitrogen and oxygen atoms in total. The topological polar surface area (TPSA) is 75.7 Å². The Bertz CT molecular complexity index is 995. The second-order valence-electron chi connectivity index (χ2n) is 7.23. The number of benzene rings is 2. The number of hydrogen-bond acceptors (Lipinski definition) is 4. The van der Waals surface area contributed by atoms with Crippen molar-refractivity contribution in [1.29, 1.82) is 0 Å². The second kappa shape index (κ2) is 8.73. The first-order valence-electron chi connectivity index (χ1n) is 9.45. The number of anilines is 1. The SMILES string of the molecule is COc1ccc(S(=O)(=O)N2CCC(C(=O)Nc3c(C)cccc3C)CC2)cc1Cl. The van der Waals surface area contributed by atoms with Gasteiger partial charge in [-0.25, -0.2) is 8.42 Å². The third-order valence-electron chi connectivity index (χ3n) is 5.32. The lowest BCUT2D eigenvalue weighted by molar-refractivity contribution is -0.120. The van der Waals surface area contributed by atoms with Crippen LogP contribution < -0.4 is 10.1 Å². The first kappa shape index (κ1) is 21.6. The maximum absolute atomic E-state index is 12.9. The molecule has 0 atom stereocenters. The molecule has 2 aromatic carbocycles. The van der Waals surface area contributed by atoms with Crippen molar-refractivity contribution >= 4 is 33.2 Å². The molecule has 2 aromatic rings. The first-order chi connectivity index (χ1) is 13.7. The minimum atomic E-state index is -3.67. The molecule has 1 aliphatic heterocycles. The van der Waals surface area contributed by atoms with Gasteiger partial charge in [0.05, 0.1) is 17.0 Å². The van der Waals surface area contributed by atoms with E-state index in [1.807, 2.05) is 32.0 Å². The number of piperidine rings is 1. The minimum absolute atomic E-state index is 0.0630. The number of carbonyl (C=O) groups is 1. The summed E-state index contributed by atoms with van der Waals surface area (Å²) in [7, 11) is -2.19. The van der Waals surface area contributed by atoms with E-state index in [1.165, 1.54) is 23.5 Å². The molecule has 1 fully saturated rings. The van der Waals surface area contributed by atoms with Crippen molar-refractivity contribution < 1.29 is 17.9 Å².